The number of piperazine rings is 1. The van der Waals surface area contributed by atoms with Crippen LogP contribution >= 0.6 is 0 Å². The number of amides is 1. The zero-order valence-electron chi connectivity index (χ0n) is 16.8. The monoisotopic (exact) mass is 398 g/mol. The summed E-state index contributed by atoms with van der Waals surface area (Å²) in [4.78, 5) is 36.5. The lowest BCUT2D eigenvalue weighted by Gasteiger charge is -2.34. The molecule has 1 aliphatic rings. The van der Waals surface area contributed by atoms with Crippen molar-refractivity contribution >= 4 is 17.8 Å². The summed E-state index contributed by atoms with van der Waals surface area (Å²) < 4.78 is 10.3. The third kappa shape index (κ3) is 5.43. The second kappa shape index (κ2) is 9.86. The minimum absolute atomic E-state index is 0.202. The zero-order chi connectivity index (χ0) is 20.6. The molecule has 0 saturated carbocycles. The van der Waals surface area contributed by atoms with E-state index in [0.717, 1.165) is 17.0 Å². The van der Waals surface area contributed by atoms with Gasteiger partial charge >= 0.3 is 5.97 Å². The highest BCUT2D eigenvalue weighted by Crippen LogP contribution is 2.22. The fraction of sp³-hybridized carbons (Fsp3) is 0.429. The van der Waals surface area contributed by atoms with Crippen LogP contribution in [0, 0.1) is 0 Å². The number of esters is 1. The molecular weight excluding hydrogens is 372 g/mol. The Morgan fingerprint density at radius 1 is 1.00 bits per heavy atom. The molecule has 8 nitrogen and oxygen atoms in total. The highest BCUT2D eigenvalue weighted by molar-refractivity contribution is 5.94. The molecule has 0 N–H and O–H groups in total. The summed E-state index contributed by atoms with van der Waals surface area (Å²) in [6, 6.07) is 9.67. The number of aromatic nitrogens is 2. The van der Waals surface area contributed by atoms with Crippen LogP contribution in [0.25, 0.3) is 11.3 Å². The molecule has 1 saturated heterocycles. The van der Waals surface area contributed by atoms with Crippen molar-refractivity contribution in [1.82, 2.24) is 14.9 Å². The van der Waals surface area contributed by atoms with E-state index in [0.29, 0.717) is 38.7 Å². The van der Waals surface area contributed by atoms with Gasteiger partial charge in [-0.05, 0) is 44.2 Å². The summed E-state index contributed by atoms with van der Waals surface area (Å²) in [6.45, 7) is 6.86. The van der Waals surface area contributed by atoms with Crippen LogP contribution in [0.1, 0.15) is 20.3 Å². The average molecular weight is 398 g/mol. The van der Waals surface area contributed by atoms with E-state index in [2.05, 4.69) is 9.97 Å². The van der Waals surface area contributed by atoms with Gasteiger partial charge in [0, 0.05) is 37.9 Å². The van der Waals surface area contributed by atoms with E-state index in [1.54, 1.807) is 18.0 Å². The van der Waals surface area contributed by atoms with Crippen LogP contribution < -0.4 is 9.64 Å². The normalized spacial score (nSPS) is 13.9. The molecule has 0 aliphatic carbocycles. The molecule has 0 radical (unpaired) electrons. The Bertz CT molecular complexity index is 833. The van der Waals surface area contributed by atoms with E-state index in [1.807, 2.05) is 42.2 Å². The molecule has 2 aromatic rings. The molecule has 1 fully saturated rings. The standard InChI is InChI=1S/C21H26N4O4/c1-3-28-17-7-5-16(6-8-17)18-9-10-22-21(23-18)25-13-11-24(12-14-25)19(26)15-20(27)29-4-2/h5-10H,3-4,11-15H2,1-2H3. The van der Waals surface area contributed by atoms with Crippen molar-refractivity contribution in [2.45, 2.75) is 20.3 Å². The first-order valence-electron chi connectivity index (χ1n) is 9.85. The van der Waals surface area contributed by atoms with Gasteiger partial charge in [-0.3, -0.25) is 9.59 Å². The Morgan fingerprint density at radius 2 is 1.72 bits per heavy atom. The molecule has 2 heterocycles. The first-order chi connectivity index (χ1) is 14.1. The van der Waals surface area contributed by atoms with Crippen LogP contribution in [0.3, 0.4) is 0 Å². The number of nitrogens with zero attached hydrogens (tertiary/aromatic N) is 4. The molecule has 1 aromatic carbocycles. The minimum atomic E-state index is -0.480. The van der Waals surface area contributed by atoms with Crippen LogP contribution in [0.15, 0.2) is 36.5 Å². The average Bonchev–Trinajstić information content (AvgIpc) is 2.75. The molecule has 1 aromatic heterocycles. The van der Waals surface area contributed by atoms with Gasteiger partial charge in [-0.2, -0.15) is 0 Å². The Labute approximate surface area is 170 Å². The van der Waals surface area contributed by atoms with Gasteiger partial charge in [0.25, 0.3) is 0 Å². The molecule has 1 amide bonds. The van der Waals surface area contributed by atoms with Crippen LogP contribution in [0.5, 0.6) is 5.75 Å². The number of carbonyl (C=O) groups is 2. The van der Waals surface area contributed by atoms with Crippen molar-refractivity contribution in [3.05, 3.63) is 36.5 Å². The van der Waals surface area contributed by atoms with Crippen LogP contribution in [-0.2, 0) is 14.3 Å². The van der Waals surface area contributed by atoms with Gasteiger partial charge in [0.1, 0.15) is 12.2 Å². The lowest BCUT2D eigenvalue weighted by atomic mass is 10.1. The summed E-state index contributed by atoms with van der Waals surface area (Å²) in [5, 5.41) is 0. The van der Waals surface area contributed by atoms with Crippen molar-refractivity contribution in [1.29, 1.82) is 0 Å². The number of anilines is 1. The van der Waals surface area contributed by atoms with Crippen molar-refractivity contribution in [3.8, 4) is 17.0 Å². The van der Waals surface area contributed by atoms with E-state index in [9.17, 15) is 9.59 Å². The fourth-order valence-electron chi connectivity index (χ4n) is 3.15. The predicted molar refractivity (Wildman–Crippen MR) is 109 cm³/mol. The number of benzene rings is 1. The topological polar surface area (TPSA) is 84.9 Å². The highest BCUT2D eigenvalue weighted by Gasteiger charge is 2.24. The molecule has 0 atom stereocenters. The second-order valence-electron chi connectivity index (χ2n) is 6.55. The molecule has 0 bridgehead atoms. The number of hydrogen-bond acceptors (Lipinski definition) is 7. The second-order valence-corrected chi connectivity index (χ2v) is 6.55. The van der Waals surface area contributed by atoms with Crippen LogP contribution in [0.2, 0.25) is 0 Å². The lowest BCUT2D eigenvalue weighted by molar-refractivity contribution is -0.148. The third-order valence-corrected chi connectivity index (χ3v) is 4.62. The van der Waals surface area contributed by atoms with Gasteiger partial charge in [-0.15, -0.1) is 0 Å². The van der Waals surface area contributed by atoms with Crippen molar-refractivity contribution < 1.29 is 19.1 Å². The van der Waals surface area contributed by atoms with Gasteiger partial charge in [-0.25, -0.2) is 9.97 Å². The smallest absolute Gasteiger partial charge is 0.315 e. The Balaban J connectivity index is 1.60. The van der Waals surface area contributed by atoms with E-state index in [-0.39, 0.29) is 18.9 Å². The molecular formula is C21H26N4O4. The minimum Gasteiger partial charge on any atom is -0.494 e. The van der Waals surface area contributed by atoms with Crippen molar-refractivity contribution in [2.75, 3.05) is 44.3 Å². The maximum absolute atomic E-state index is 12.2. The first kappa shape index (κ1) is 20.6. The number of ether oxygens (including phenoxy) is 2. The zero-order valence-corrected chi connectivity index (χ0v) is 16.8. The quantitative estimate of drug-likeness (QED) is 0.522. The van der Waals surface area contributed by atoms with E-state index in [4.69, 9.17) is 9.47 Å². The fourth-order valence-corrected chi connectivity index (χ4v) is 3.15. The molecule has 8 heteroatoms. The Hall–Kier alpha value is -3.16. The number of carbonyl (C=O) groups excluding carboxylic acids is 2. The summed E-state index contributed by atoms with van der Waals surface area (Å²) in [5.41, 5.74) is 1.82. The van der Waals surface area contributed by atoms with E-state index in [1.165, 1.54) is 0 Å². The Morgan fingerprint density at radius 3 is 2.38 bits per heavy atom. The van der Waals surface area contributed by atoms with Crippen LogP contribution in [0.4, 0.5) is 5.95 Å². The molecule has 29 heavy (non-hydrogen) atoms. The van der Waals surface area contributed by atoms with E-state index >= 15 is 0 Å². The van der Waals surface area contributed by atoms with Gasteiger partial charge in [-0.1, -0.05) is 0 Å². The van der Waals surface area contributed by atoms with E-state index < -0.39 is 5.97 Å². The molecule has 0 spiro atoms. The van der Waals surface area contributed by atoms with Gasteiger partial charge < -0.3 is 19.3 Å². The third-order valence-electron chi connectivity index (χ3n) is 4.62. The molecule has 3 rings (SSSR count). The maximum Gasteiger partial charge on any atom is 0.315 e. The molecule has 0 unspecified atom stereocenters. The predicted octanol–water partition coefficient (Wildman–Crippen LogP) is 2.14. The summed E-state index contributed by atoms with van der Waals surface area (Å²) >= 11 is 0. The molecule has 1 aliphatic heterocycles. The largest absolute Gasteiger partial charge is 0.494 e. The first-order valence-corrected chi connectivity index (χ1v) is 9.85. The highest BCUT2D eigenvalue weighted by atomic mass is 16.5. The molecule has 154 valence electrons. The van der Waals surface area contributed by atoms with Crippen molar-refractivity contribution in [2.24, 2.45) is 0 Å². The SMILES string of the molecule is CCOC(=O)CC(=O)N1CCN(c2nccc(-c3ccc(OCC)cc3)n2)CC1. The summed E-state index contributed by atoms with van der Waals surface area (Å²) in [5.74, 6) is 0.779. The number of hydrogen-bond donors (Lipinski definition) is 0. The van der Waals surface area contributed by atoms with Gasteiger partial charge in [0.2, 0.25) is 11.9 Å². The summed E-state index contributed by atoms with van der Waals surface area (Å²) in [7, 11) is 0. The number of rotatable bonds is 7. The van der Waals surface area contributed by atoms with Crippen LogP contribution in [-0.4, -0.2) is 66.1 Å². The van der Waals surface area contributed by atoms with Gasteiger partial charge in [0.15, 0.2) is 0 Å². The van der Waals surface area contributed by atoms with Crippen molar-refractivity contribution in [3.63, 3.8) is 0 Å². The maximum atomic E-state index is 12.2. The lowest BCUT2D eigenvalue weighted by Crippen LogP contribution is -2.49. The Kier molecular flexibility index (Phi) is 6.99. The summed E-state index contributed by atoms with van der Waals surface area (Å²) in [6.07, 6.45) is 1.53. The van der Waals surface area contributed by atoms with Gasteiger partial charge in [0.05, 0.1) is 18.9 Å².